The van der Waals surface area contributed by atoms with Crippen LogP contribution in [0.2, 0.25) is 0 Å². The van der Waals surface area contributed by atoms with Crippen molar-refractivity contribution in [1.82, 2.24) is 0 Å². The van der Waals surface area contributed by atoms with Gasteiger partial charge in [-0.15, -0.1) is 0 Å². The molecule has 0 spiro atoms. The van der Waals surface area contributed by atoms with Gasteiger partial charge >= 0.3 is 11.9 Å². The first-order valence-electron chi connectivity index (χ1n) is 8.23. The van der Waals surface area contributed by atoms with Crippen molar-refractivity contribution in [1.29, 1.82) is 0 Å². The molecule has 0 bridgehead atoms. The normalized spacial score (nSPS) is 12.7. The monoisotopic (exact) mass is 358 g/mol. The molecule has 0 fully saturated rings. The topological polar surface area (TPSA) is 82.1 Å². The number of ether oxygens (including phenoxy) is 3. The number of carbonyl (C=O) groups excluding carboxylic acids is 2. The highest BCUT2D eigenvalue weighted by Gasteiger charge is 2.35. The Morgan fingerprint density at radius 3 is 2.31 bits per heavy atom. The largest absolute Gasteiger partial charge is 0.504 e. The molecule has 6 heteroatoms. The third-order valence-corrected chi connectivity index (χ3v) is 3.84. The van der Waals surface area contributed by atoms with Crippen molar-refractivity contribution in [3.05, 3.63) is 59.7 Å². The second-order valence-corrected chi connectivity index (χ2v) is 5.60. The molecule has 0 aliphatic heterocycles. The zero-order valence-corrected chi connectivity index (χ0v) is 15.0. The fourth-order valence-corrected chi connectivity index (χ4v) is 2.76. The number of benzene rings is 2. The third-order valence-electron chi connectivity index (χ3n) is 3.84. The molecule has 0 heterocycles. The number of phenols is 1. The molecule has 2 atom stereocenters. The predicted octanol–water partition coefficient (Wildman–Crippen LogP) is 3.03. The summed E-state index contributed by atoms with van der Waals surface area (Å²) in [7, 11) is 1.45. The summed E-state index contributed by atoms with van der Waals surface area (Å²) in [4.78, 5) is 24.1. The Bertz CT molecular complexity index is 756. The van der Waals surface area contributed by atoms with E-state index < -0.39 is 24.0 Å². The third kappa shape index (κ3) is 4.53. The van der Waals surface area contributed by atoms with Crippen LogP contribution < -0.4 is 4.74 Å². The molecule has 2 rings (SSSR count). The number of rotatable bonds is 7. The predicted molar refractivity (Wildman–Crippen MR) is 95.1 cm³/mol. The maximum absolute atomic E-state index is 12.5. The van der Waals surface area contributed by atoms with Crippen LogP contribution in [-0.4, -0.2) is 36.9 Å². The van der Waals surface area contributed by atoms with Crippen LogP contribution in [0.4, 0.5) is 0 Å². The van der Waals surface area contributed by atoms with Crippen molar-refractivity contribution in [3.63, 3.8) is 0 Å². The average Bonchev–Trinajstić information content (AvgIpc) is 2.62. The van der Waals surface area contributed by atoms with E-state index >= 15 is 0 Å². The van der Waals surface area contributed by atoms with Crippen LogP contribution in [0, 0.1) is 0 Å². The van der Waals surface area contributed by atoms with Crippen molar-refractivity contribution in [2.45, 2.75) is 25.9 Å². The van der Waals surface area contributed by atoms with Crippen LogP contribution in [0.25, 0.3) is 0 Å². The quantitative estimate of drug-likeness (QED) is 0.766. The second kappa shape index (κ2) is 8.89. The molecule has 0 aliphatic carbocycles. The molecular weight excluding hydrogens is 336 g/mol. The van der Waals surface area contributed by atoms with Gasteiger partial charge in [-0.3, -0.25) is 4.79 Å². The minimum absolute atomic E-state index is 0.0728. The molecule has 0 saturated heterocycles. The maximum atomic E-state index is 12.5. The van der Waals surface area contributed by atoms with Crippen molar-refractivity contribution < 1.29 is 28.9 Å². The number of esters is 2. The molecule has 138 valence electrons. The van der Waals surface area contributed by atoms with Gasteiger partial charge in [0.2, 0.25) is 6.10 Å². The number of phenolic OH excluding ortho intramolecular Hbond substituents is 1. The Balaban J connectivity index is 2.56. The summed E-state index contributed by atoms with van der Waals surface area (Å²) in [6.45, 7) is 3.07. The molecule has 0 saturated carbocycles. The van der Waals surface area contributed by atoms with Gasteiger partial charge in [0.15, 0.2) is 11.5 Å². The summed E-state index contributed by atoms with van der Waals surface area (Å²) in [5, 5.41) is 10.1. The first kappa shape index (κ1) is 19.3. The molecule has 2 aromatic carbocycles. The maximum Gasteiger partial charge on any atom is 0.348 e. The summed E-state index contributed by atoms with van der Waals surface area (Å²) < 4.78 is 15.5. The first-order valence-corrected chi connectivity index (χ1v) is 8.23. The minimum atomic E-state index is -1.18. The number of carbonyl (C=O) groups is 2. The molecule has 0 amide bonds. The van der Waals surface area contributed by atoms with Gasteiger partial charge in [0.1, 0.15) is 0 Å². The number of aromatic hydroxyl groups is 1. The van der Waals surface area contributed by atoms with Crippen LogP contribution in [0.5, 0.6) is 11.5 Å². The number of hydrogen-bond acceptors (Lipinski definition) is 6. The fraction of sp³-hybridized carbons (Fsp3) is 0.300. The van der Waals surface area contributed by atoms with E-state index in [0.29, 0.717) is 11.3 Å². The van der Waals surface area contributed by atoms with Crippen LogP contribution in [-0.2, 0) is 19.1 Å². The molecule has 0 aliphatic rings. The van der Waals surface area contributed by atoms with E-state index in [1.807, 2.05) is 30.3 Å². The molecule has 0 aromatic heterocycles. The molecule has 26 heavy (non-hydrogen) atoms. The average molecular weight is 358 g/mol. The van der Waals surface area contributed by atoms with Crippen molar-refractivity contribution in [3.8, 4) is 11.5 Å². The molecular formula is C20H22O6. The van der Waals surface area contributed by atoms with Crippen LogP contribution in [0.15, 0.2) is 48.5 Å². The Kier molecular flexibility index (Phi) is 6.60. The molecule has 0 radical (unpaired) electrons. The van der Waals surface area contributed by atoms with Gasteiger partial charge < -0.3 is 19.3 Å². The highest BCUT2D eigenvalue weighted by atomic mass is 16.6. The number of methoxy groups -OCH3 is 1. The van der Waals surface area contributed by atoms with Crippen LogP contribution in [0.1, 0.15) is 30.9 Å². The van der Waals surface area contributed by atoms with Gasteiger partial charge in [0.05, 0.1) is 19.6 Å². The molecule has 6 nitrogen and oxygen atoms in total. The van der Waals surface area contributed by atoms with Gasteiger partial charge in [-0.2, -0.15) is 0 Å². The number of hydrogen-bond donors (Lipinski definition) is 1. The highest BCUT2D eigenvalue weighted by molar-refractivity contribution is 5.80. The Labute approximate surface area is 152 Å². The van der Waals surface area contributed by atoms with Gasteiger partial charge in [0.25, 0.3) is 0 Å². The van der Waals surface area contributed by atoms with Crippen molar-refractivity contribution >= 4 is 11.9 Å². The lowest BCUT2D eigenvalue weighted by atomic mass is 9.86. The lowest BCUT2D eigenvalue weighted by Gasteiger charge is -2.26. The smallest absolute Gasteiger partial charge is 0.348 e. The summed E-state index contributed by atoms with van der Waals surface area (Å²) >= 11 is 0. The summed E-state index contributed by atoms with van der Waals surface area (Å²) in [6, 6.07) is 13.9. The van der Waals surface area contributed by atoms with Gasteiger partial charge in [-0.25, -0.2) is 4.79 Å². The zero-order chi connectivity index (χ0) is 19.1. The van der Waals surface area contributed by atoms with Crippen LogP contribution in [0.3, 0.4) is 0 Å². The second-order valence-electron chi connectivity index (χ2n) is 5.60. The first-order chi connectivity index (χ1) is 12.5. The Hall–Kier alpha value is -3.02. The van der Waals surface area contributed by atoms with Crippen molar-refractivity contribution in [2.24, 2.45) is 0 Å². The summed E-state index contributed by atoms with van der Waals surface area (Å²) in [6.07, 6.45) is -1.18. The van der Waals surface area contributed by atoms with E-state index in [1.54, 1.807) is 19.1 Å². The minimum Gasteiger partial charge on any atom is -0.504 e. The van der Waals surface area contributed by atoms with E-state index in [2.05, 4.69) is 0 Å². The van der Waals surface area contributed by atoms with E-state index in [4.69, 9.17) is 14.2 Å². The fourth-order valence-electron chi connectivity index (χ4n) is 2.76. The molecule has 1 N–H and O–H groups in total. The van der Waals surface area contributed by atoms with Crippen LogP contribution >= 0.6 is 0 Å². The summed E-state index contributed by atoms with van der Waals surface area (Å²) in [5.41, 5.74) is 1.34. The van der Waals surface area contributed by atoms with Gasteiger partial charge in [0, 0.05) is 6.92 Å². The van der Waals surface area contributed by atoms with Gasteiger partial charge in [-0.1, -0.05) is 36.4 Å². The van der Waals surface area contributed by atoms with E-state index in [9.17, 15) is 14.7 Å². The lowest BCUT2D eigenvalue weighted by Crippen LogP contribution is -2.35. The highest BCUT2D eigenvalue weighted by Crippen LogP contribution is 2.36. The van der Waals surface area contributed by atoms with E-state index in [-0.39, 0.29) is 12.4 Å². The molecule has 2 aromatic rings. The van der Waals surface area contributed by atoms with E-state index in [1.165, 1.54) is 20.1 Å². The van der Waals surface area contributed by atoms with Crippen molar-refractivity contribution in [2.75, 3.05) is 13.7 Å². The standard InChI is InChI=1S/C20H22O6/c1-4-25-20(23)19(26-13(2)21)18(14-8-6-5-7-9-14)15-10-11-17(24-3)16(22)12-15/h5-12,18-19,22H,4H2,1-3H3/t18-,19-/m1/s1. The summed E-state index contributed by atoms with van der Waals surface area (Å²) in [5.74, 6) is -1.65. The SMILES string of the molecule is CCOC(=O)[C@H](OC(C)=O)[C@H](c1ccccc1)c1ccc(OC)c(O)c1. The molecule has 0 unspecified atom stereocenters. The van der Waals surface area contributed by atoms with Gasteiger partial charge in [-0.05, 0) is 30.2 Å². The Morgan fingerprint density at radius 2 is 1.77 bits per heavy atom. The lowest BCUT2D eigenvalue weighted by molar-refractivity contribution is -0.167. The Morgan fingerprint density at radius 1 is 1.08 bits per heavy atom. The zero-order valence-electron chi connectivity index (χ0n) is 15.0. The van der Waals surface area contributed by atoms with E-state index in [0.717, 1.165) is 5.56 Å².